The Morgan fingerprint density at radius 1 is 0.621 bits per heavy atom. The van der Waals surface area contributed by atoms with Crippen molar-refractivity contribution in [2.75, 3.05) is 91.8 Å². The fourth-order valence-corrected chi connectivity index (χ4v) is 7.55. The Labute approximate surface area is 396 Å². The number of nitrogens with one attached hydrogen (secondary N) is 4. The molecule has 3 rings (SSSR count). The van der Waals surface area contributed by atoms with Gasteiger partial charge >= 0.3 is 24.2 Å². The highest BCUT2D eigenvalue weighted by atomic mass is 16.7. The fourth-order valence-electron chi connectivity index (χ4n) is 7.55. The van der Waals surface area contributed by atoms with Crippen molar-refractivity contribution in [2.24, 2.45) is 0 Å². The van der Waals surface area contributed by atoms with Crippen LogP contribution in [0.3, 0.4) is 0 Å². The van der Waals surface area contributed by atoms with Gasteiger partial charge < -0.3 is 34.5 Å². The van der Waals surface area contributed by atoms with Gasteiger partial charge in [-0.1, -0.05) is 65.2 Å². The molecule has 0 aromatic heterocycles. The Bertz CT molecular complexity index is 1370. The maximum atomic E-state index is 14.0. The van der Waals surface area contributed by atoms with E-state index in [1.54, 1.807) is 4.90 Å². The number of alkyl carbamates (subject to hydrolysis) is 2. The first-order valence-electron chi connectivity index (χ1n) is 25.5. The quantitative estimate of drug-likeness (QED) is 0.0183. The van der Waals surface area contributed by atoms with E-state index < -0.39 is 30.5 Å². The largest absolute Gasteiger partial charge is 0.445 e. The predicted molar refractivity (Wildman–Crippen MR) is 254 cm³/mol. The summed E-state index contributed by atoms with van der Waals surface area (Å²) in [7, 11) is 0. The number of urea groups is 2. The molecular formula is C47H89N9O10. The maximum absolute atomic E-state index is 14.0. The highest BCUT2D eigenvalue weighted by Crippen LogP contribution is 2.19. The molecule has 0 saturated carbocycles. The summed E-state index contributed by atoms with van der Waals surface area (Å²) in [4.78, 5) is 78.6. The fraction of sp³-hybridized carbons (Fsp3) is 0.894. The Balaban J connectivity index is 1.42. The zero-order chi connectivity index (χ0) is 47.9. The molecule has 0 spiro atoms. The molecule has 9 atom stereocenters. The molecule has 3 aliphatic rings. The van der Waals surface area contributed by atoms with Gasteiger partial charge in [-0.3, -0.25) is 29.6 Å². The van der Waals surface area contributed by atoms with Crippen LogP contribution in [0.15, 0.2) is 0 Å². The molecule has 4 N–H and O–H groups in total. The first-order chi connectivity index (χ1) is 31.9. The Morgan fingerprint density at radius 2 is 1.12 bits per heavy atom. The van der Waals surface area contributed by atoms with Crippen molar-refractivity contribution in [3.8, 4) is 0 Å². The lowest BCUT2D eigenvalue weighted by Crippen LogP contribution is -2.50. The highest BCUT2D eigenvalue weighted by Gasteiger charge is 2.34. The van der Waals surface area contributed by atoms with E-state index in [-0.39, 0.29) is 18.9 Å². The van der Waals surface area contributed by atoms with E-state index in [2.05, 4.69) is 70.7 Å². The Kier molecular flexibility index (Phi) is 29.4. The molecule has 382 valence electrons. The van der Waals surface area contributed by atoms with Crippen LogP contribution in [-0.2, 0) is 28.6 Å². The van der Waals surface area contributed by atoms with Crippen LogP contribution >= 0.6 is 0 Å². The SMILES string of the molecule is CCCCOC(CN1CC1C)NOCCCCCCN(CCCCCCNC(=O)OC(CN1CC1C)OCCCC)C(=O)N(CCCCCCNC(=O)OC(C)CN1CC1C)C(=O)NC=O. The summed E-state index contributed by atoms with van der Waals surface area (Å²) >= 11 is 0. The second-order valence-corrected chi connectivity index (χ2v) is 18.4. The summed E-state index contributed by atoms with van der Waals surface area (Å²) in [6.45, 7) is 21.6. The lowest BCUT2D eigenvalue weighted by molar-refractivity contribution is -0.109. The van der Waals surface area contributed by atoms with Crippen molar-refractivity contribution in [2.45, 2.75) is 181 Å². The number of imide groups is 2. The number of hydrogen-bond donors (Lipinski definition) is 4. The summed E-state index contributed by atoms with van der Waals surface area (Å²) in [6.07, 6.45) is 11.7. The number of rotatable bonds is 40. The van der Waals surface area contributed by atoms with E-state index in [4.69, 9.17) is 23.8 Å². The molecule has 7 amide bonds. The molecule has 19 heteroatoms. The van der Waals surface area contributed by atoms with Crippen LogP contribution in [0.4, 0.5) is 19.2 Å². The molecule has 0 radical (unpaired) electrons. The van der Waals surface area contributed by atoms with E-state index in [9.17, 15) is 24.0 Å². The first-order valence-corrected chi connectivity index (χ1v) is 25.5. The number of ether oxygens (including phenoxy) is 4. The predicted octanol–water partition coefficient (Wildman–Crippen LogP) is 6.02. The van der Waals surface area contributed by atoms with E-state index in [0.29, 0.717) is 89.9 Å². The number of hydroxylamine groups is 1. The van der Waals surface area contributed by atoms with Gasteiger partial charge in [-0.05, 0) is 79.1 Å². The zero-order valence-corrected chi connectivity index (χ0v) is 41.6. The highest BCUT2D eigenvalue weighted by molar-refractivity contribution is 5.97. The topological polar surface area (TPSA) is 195 Å². The molecule has 3 saturated heterocycles. The summed E-state index contributed by atoms with van der Waals surface area (Å²) in [5.41, 5.74) is 3.11. The van der Waals surface area contributed by atoms with Gasteiger partial charge in [0.2, 0.25) is 12.7 Å². The van der Waals surface area contributed by atoms with Crippen LogP contribution in [-0.4, -0.2) is 184 Å². The average Bonchev–Trinajstić information content (AvgIpc) is 4.25. The Hall–Kier alpha value is -3.33. The number of amides is 7. The van der Waals surface area contributed by atoms with Gasteiger partial charge in [0.1, 0.15) is 12.3 Å². The maximum Gasteiger partial charge on any atom is 0.409 e. The van der Waals surface area contributed by atoms with Crippen LogP contribution < -0.4 is 21.4 Å². The second-order valence-electron chi connectivity index (χ2n) is 18.4. The van der Waals surface area contributed by atoms with Crippen molar-refractivity contribution >= 4 is 30.7 Å². The third kappa shape index (κ3) is 26.3. The van der Waals surface area contributed by atoms with E-state index >= 15 is 0 Å². The number of hydrogen-bond acceptors (Lipinski definition) is 14. The van der Waals surface area contributed by atoms with Gasteiger partial charge in [0.15, 0.2) is 0 Å². The molecule has 0 aliphatic carbocycles. The zero-order valence-electron chi connectivity index (χ0n) is 41.6. The summed E-state index contributed by atoms with van der Waals surface area (Å²) in [5.74, 6) is 0. The third-order valence-corrected chi connectivity index (χ3v) is 12.2. The van der Waals surface area contributed by atoms with Gasteiger partial charge in [-0.15, -0.1) is 0 Å². The van der Waals surface area contributed by atoms with Gasteiger partial charge in [-0.25, -0.2) is 24.1 Å². The molecule has 19 nitrogen and oxygen atoms in total. The van der Waals surface area contributed by atoms with Crippen LogP contribution in [0.2, 0.25) is 0 Å². The molecule has 9 unspecified atom stereocenters. The number of carbonyl (C=O) groups excluding carboxylic acids is 5. The smallest absolute Gasteiger partial charge is 0.409 e. The normalized spacial score (nSPS) is 21.8. The Morgan fingerprint density at radius 3 is 1.68 bits per heavy atom. The molecule has 0 bridgehead atoms. The summed E-state index contributed by atoms with van der Waals surface area (Å²) < 4.78 is 22.9. The van der Waals surface area contributed by atoms with Gasteiger partial charge in [-0.2, -0.15) is 5.48 Å². The van der Waals surface area contributed by atoms with Gasteiger partial charge in [0, 0.05) is 90.2 Å². The molecular weight excluding hydrogens is 851 g/mol. The van der Waals surface area contributed by atoms with Crippen molar-refractivity contribution in [1.82, 2.24) is 45.9 Å². The molecule has 3 aliphatic heterocycles. The van der Waals surface area contributed by atoms with Gasteiger partial charge in [0.05, 0.1) is 19.8 Å². The minimum Gasteiger partial charge on any atom is -0.445 e. The molecule has 0 aromatic rings. The monoisotopic (exact) mass is 940 g/mol. The molecule has 3 fully saturated rings. The first kappa shape index (κ1) is 57.0. The minimum absolute atomic E-state index is 0.157. The molecule has 0 aromatic carbocycles. The van der Waals surface area contributed by atoms with E-state index in [0.717, 1.165) is 128 Å². The van der Waals surface area contributed by atoms with E-state index in [1.165, 1.54) is 0 Å². The third-order valence-electron chi connectivity index (χ3n) is 12.2. The van der Waals surface area contributed by atoms with Crippen molar-refractivity contribution in [3.05, 3.63) is 0 Å². The van der Waals surface area contributed by atoms with Crippen molar-refractivity contribution in [1.29, 1.82) is 0 Å². The number of carbonyl (C=O) groups is 5. The molecule has 66 heavy (non-hydrogen) atoms. The van der Waals surface area contributed by atoms with Crippen LogP contribution in [0.5, 0.6) is 0 Å². The minimum atomic E-state index is -0.746. The van der Waals surface area contributed by atoms with Gasteiger partial charge in [0.25, 0.3) is 0 Å². The van der Waals surface area contributed by atoms with E-state index in [1.807, 2.05) is 6.92 Å². The van der Waals surface area contributed by atoms with Crippen molar-refractivity contribution in [3.63, 3.8) is 0 Å². The molecule has 3 heterocycles. The van der Waals surface area contributed by atoms with Crippen LogP contribution in [0, 0.1) is 0 Å². The van der Waals surface area contributed by atoms with Crippen molar-refractivity contribution < 1.29 is 47.8 Å². The number of unbranched alkanes of at least 4 members (excludes halogenated alkanes) is 11. The standard InChI is InChI=1S/C47H89N9O10/c1-7-9-28-62-42(35-54-32-39(54)4)51-64-30-22-16-15-20-26-52(25-19-13-11-17-24-49-46(60)66-43(63-29-10-8-2)36-55-33-40(55)5)47(61)56(44(58)50-37-57)27-21-14-12-18-23-48-45(59)65-41(6)34-53-31-38(53)3/h37-43,51H,7-36H2,1-6H3,(H,48,59)(H,49,60)(H,50,57,58). The summed E-state index contributed by atoms with van der Waals surface area (Å²) in [6, 6.07) is 0.444. The van der Waals surface area contributed by atoms with Crippen LogP contribution in [0.25, 0.3) is 0 Å². The second kappa shape index (κ2) is 34.0. The average molecular weight is 940 g/mol. The lowest BCUT2D eigenvalue weighted by Gasteiger charge is -2.29. The van der Waals surface area contributed by atoms with Crippen LogP contribution in [0.1, 0.15) is 144 Å². The summed E-state index contributed by atoms with van der Waals surface area (Å²) in [5, 5.41) is 7.83. The number of nitrogens with zero attached hydrogens (tertiary/aromatic N) is 5. The lowest BCUT2D eigenvalue weighted by atomic mass is 10.1.